The van der Waals surface area contributed by atoms with E-state index in [9.17, 15) is 22.8 Å². The molecule has 0 spiro atoms. The molecule has 2 fully saturated rings. The minimum Gasteiger partial charge on any atom is -0.405 e. The molecule has 1 aliphatic heterocycles. The zero-order chi connectivity index (χ0) is 29.9. The lowest BCUT2D eigenvalue weighted by molar-refractivity contribution is -0.274. The van der Waals surface area contributed by atoms with Crippen LogP contribution in [0.3, 0.4) is 0 Å². The topological polar surface area (TPSA) is 118 Å². The van der Waals surface area contributed by atoms with Gasteiger partial charge >= 0.3 is 6.36 Å². The molecule has 3 heterocycles. The van der Waals surface area contributed by atoms with E-state index in [1.807, 2.05) is 21.0 Å². The van der Waals surface area contributed by atoms with Gasteiger partial charge in [-0.3, -0.25) is 9.59 Å². The van der Waals surface area contributed by atoms with E-state index in [1.165, 1.54) is 10.6 Å². The maximum absolute atomic E-state index is 13.4. The van der Waals surface area contributed by atoms with Crippen LogP contribution >= 0.6 is 0 Å². The summed E-state index contributed by atoms with van der Waals surface area (Å²) in [5.74, 6) is -1.09. The Balaban J connectivity index is 1.35. The summed E-state index contributed by atoms with van der Waals surface area (Å²) in [6.07, 6.45) is 2.25. The molecule has 1 aromatic carbocycles. The van der Waals surface area contributed by atoms with Crippen molar-refractivity contribution >= 4 is 23.3 Å². The number of benzene rings is 1. The number of ether oxygens (including phenoxy) is 1. The molecule has 0 bridgehead atoms. The van der Waals surface area contributed by atoms with Crippen molar-refractivity contribution in [2.75, 3.05) is 19.8 Å². The number of fused-ring (bicyclic) bond motifs is 2. The van der Waals surface area contributed by atoms with E-state index in [1.54, 1.807) is 23.2 Å². The largest absolute Gasteiger partial charge is 0.573 e. The van der Waals surface area contributed by atoms with Crippen LogP contribution in [0.2, 0.25) is 0 Å². The van der Waals surface area contributed by atoms with Crippen LogP contribution in [-0.4, -0.2) is 74.8 Å². The van der Waals surface area contributed by atoms with Gasteiger partial charge in [0.1, 0.15) is 11.3 Å². The standard InChI is InChI=1S/C29H34F3N7O3/c1-15(16-7-8-16)38-14-18-11-17(12-22(23(18)28(38)41)42-29(30,31)32)21-9-10-39-26(35-21)24(25(33)36-39)27(40)34-19-5-4-6-20(13-19)37(2)3/h9-12,15-16,19-20H,4-8,13-14H2,1-3H3,(H2,33,36)(H,34,40)/t15-,19+,20-/m0/s1. The number of alkyl halides is 3. The molecule has 0 unspecified atom stereocenters. The molecule has 2 aliphatic carbocycles. The fourth-order valence-corrected chi connectivity index (χ4v) is 6.30. The summed E-state index contributed by atoms with van der Waals surface area (Å²) >= 11 is 0. The van der Waals surface area contributed by atoms with Crippen molar-refractivity contribution in [1.29, 1.82) is 0 Å². The van der Waals surface area contributed by atoms with Crippen LogP contribution in [0.25, 0.3) is 16.9 Å². The third-order valence-electron chi connectivity index (χ3n) is 8.77. The summed E-state index contributed by atoms with van der Waals surface area (Å²) in [6, 6.07) is 4.65. The number of carbonyl (C=O) groups excluding carboxylic acids is 2. The van der Waals surface area contributed by atoms with Crippen molar-refractivity contribution in [3.05, 3.63) is 41.1 Å². The average Bonchev–Trinajstić information content (AvgIpc) is 3.64. The van der Waals surface area contributed by atoms with Gasteiger partial charge in [-0.05, 0) is 89.2 Å². The van der Waals surface area contributed by atoms with Crippen LogP contribution in [0.15, 0.2) is 24.4 Å². The Morgan fingerprint density at radius 3 is 2.67 bits per heavy atom. The number of nitrogen functional groups attached to an aromatic ring is 1. The van der Waals surface area contributed by atoms with Gasteiger partial charge < -0.3 is 25.6 Å². The number of amides is 2. The first-order valence-electron chi connectivity index (χ1n) is 14.3. The molecule has 2 amide bonds. The summed E-state index contributed by atoms with van der Waals surface area (Å²) in [4.78, 5) is 35.0. The maximum atomic E-state index is 13.4. The zero-order valence-electron chi connectivity index (χ0n) is 23.7. The van der Waals surface area contributed by atoms with E-state index in [0.29, 0.717) is 23.1 Å². The highest BCUT2D eigenvalue weighted by Crippen LogP contribution is 2.42. The van der Waals surface area contributed by atoms with Crippen molar-refractivity contribution in [1.82, 2.24) is 29.7 Å². The Labute approximate surface area is 241 Å². The molecule has 42 heavy (non-hydrogen) atoms. The molecule has 13 heteroatoms. The number of halogens is 3. The highest BCUT2D eigenvalue weighted by molar-refractivity contribution is 6.05. The van der Waals surface area contributed by atoms with Crippen LogP contribution in [0.5, 0.6) is 5.75 Å². The predicted molar refractivity (Wildman–Crippen MR) is 149 cm³/mol. The Bertz CT molecular complexity index is 1550. The van der Waals surface area contributed by atoms with Crippen molar-refractivity contribution < 1.29 is 27.5 Å². The van der Waals surface area contributed by atoms with Crippen LogP contribution in [0.4, 0.5) is 19.0 Å². The van der Waals surface area contributed by atoms with Gasteiger partial charge in [0.25, 0.3) is 11.8 Å². The maximum Gasteiger partial charge on any atom is 0.573 e. The molecule has 0 saturated heterocycles. The highest BCUT2D eigenvalue weighted by Gasteiger charge is 2.42. The third-order valence-corrected chi connectivity index (χ3v) is 8.77. The first-order valence-corrected chi connectivity index (χ1v) is 14.3. The third kappa shape index (κ3) is 5.37. The van der Waals surface area contributed by atoms with Gasteiger partial charge in [0, 0.05) is 36.4 Å². The number of anilines is 1. The second-order valence-corrected chi connectivity index (χ2v) is 11.9. The first-order chi connectivity index (χ1) is 19.9. The number of hydrogen-bond donors (Lipinski definition) is 2. The molecule has 2 aromatic heterocycles. The molecule has 6 rings (SSSR count). The lowest BCUT2D eigenvalue weighted by Crippen LogP contribution is -2.43. The van der Waals surface area contributed by atoms with Gasteiger partial charge in [0.15, 0.2) is 11.5 Å². The Kier molecular flexibility index (Phi) is 7.03. The minimum absolute atomic E-state index is 0.00229. The van der Waals surface area contributed by atoms with Gasteiger partial charge in [-0.15, -0.1) is 18.3 Å². The average molecular weight is 586 g/mol. The number of nitrogens with zero attached hydrogens (tertiary/aromatic N) is 5. The van der Waals surface area contributed by atoms with E-state index in [4.69, 9.17) is 5.73 Å². The van der Waals surface area contributed by atoms with Gasteiger partial charge in [-0.1, -0.05) is 0 Å². The van der Waals surface area contributed by atoms with Crippen LogP contribution in [0.1, 0.15) is 71.7 Å². The molecule has 0 radical (unpaired) electrons. The zero-order valence-corrected chi connectivity index (χ0v) is 23.7. The van der Waals surface area contributed by atoms with Crippen LogP contribution < -0.4 is 15.8 Å². The number of hydrogen-bond acceptors (Lipinski definition) is 7. The molecule has 2 saturated carbocycles. The Morgan fingerprint density at radius 1 is 1.21 bits per heavy atom. The molecule has 3 atom stereocenters. The number of rotatable bonds is 7. The summed E-state index contributed by atoms with van der Waals surface area (Å²) in [7, 11) is 4.05. The number of nitrogens with one attached hydrogen (secondary N) is 1. The lowest BCUT2D eigenvalue weighted by Gasteiger charge is -2.33. The molecule has 10 nitrogen and oxygen atoms in total. The second-order valence-electron chi connectivity index (χ2n) is 11.9. The molecular weight excluding hydrogens is 551 g/mol. The highest BCUT2D eigenvalue weighted by atomic mass is 19.4. The fraction of sp³-hybridized carbons (Fsp3) is 0.517. The van der Waals surface area contributed by atoms with Gasteiger partial charge in [0.2, 0.25) is 0 Å². The summed E-state index contributed by atoms with van der Waals surface area (Å²) < 4.78 is 46.1. The molecular formula is C29H34F3N7O3. The van der Waals surface area contributed by atoms with E-state index < -0.39 is 23.9 Å². The molecule has 3 aliphatic rings. The van der Waals surface area contributed by atoms with E-state index in [0.717, 1.165) is 38.5 Å². The summed E-state index contributed by atoms with van der Waals surface area (Å²) in [5, 5.41) is 7.30. The second kappa shape index (κ2) is 10.4. The number of carbonyl (C=O) groups is 2. The molecule has 3 aromatic rings. The van der Waals surface area contributed by atoms with Crippen LogP contribution in [0, 0.1) is 5.92 Å². The van der Waals surface area contributed by atoms with E-state index in [-0.39, 0.29) is 46.9 Å². The summed E-state index contributed by atoms with van der Waals surface area (Å²) in [6.45, 7) is 2.10. The SMILES string of the molecule is C[C@@H](C1CC1)N1Cc2cc(-c3ccn4nc(N)c(C(=O)N[C@@H]5CCC[C@H](N(C)C)C5)c4n3)cc(OC(F)(F)F)c2C1=O. The van der Waals surface area contributed by atoms with Crippen LogP contribution in [-0.2, 0) is 6.54 Å². The molecule has 224 valence electrons. The monoisotopic (exact) mass is 585 g/mol. The van der Waals surface area contributed by atoms with Gasteiger partial charge in [0.05, 0.1) is 11.3 Å². The van der Waals surface area contributed by atoms with E-state index in [2.05, 4.69) is 25.0 Å². The number of aromatic nitrogens is 3. The first kappa shape index (κ1) is 28.3. The van der Waals surface area contributed by atoms with Gasteiger partial charge in [-0.2, -0.15) is 0 Å². The van der Waals surface area contributed by atoms with Crippen molar-refractivity contribution in [3.8, 4) is 17.0 Å². The quantitative estimate of drug-likeness (QED) is 0.426. The van der Waals surface area contributed by atoms with Crippen molar-refractivity contribution in [2.45, 2.75) is 76.5 Å². The molecule has 3 N–H and O–H groups in total. The Morgan fingerprint density at radius 2 is 1.98 bits per heavy atom. The fourth-order valence-electron chi connectivity index (χ4n) is 6.30. The van der Waals surface area contributed by atoms with Crippen molar-refractivity contribution in [3.63, 3.8) is 0 Å². The predicted octanol–water partition coefficient (Wildman–Crippen LogP) is 4.23. The Hall–Kier alpha value is -3.87. The smallest absolute Gasteiger partial charge is 0.405 e. The lowest BCUT2D eigenvalue weighted by atomic mass is 9.90. The van der Waals surface area contributed by atoms with Crippen molar-refractivity contribution in [2.24, 2.45) is 5.92 Å². The van der Waals surface area contributed by atoms with Gasteiger partial charge in [-0.25, -0.2) is 9.50 Å². The van der Waals surface area contributed by atoms with E-state index >= 15 is 0 Å². The number of nitrogens with two attached hydrogens (primary N) is 1. The summed E-state index contributed by atoms with van der Waals surface area (Å²) in [5.41, 5.74) is 7.40. The minimum atomic E-state index is -4.99. The normalized spacial score (nSPS) is 21.6.